The van der Waals surface area contributed by atoms with Gasteiger partial charge in [-0.15, -0.1) is 13.2 Å². The normalized spacial score (nSPS) is 26.9. The van der Waals surface area contributed by atoms with E-state index in [1.54, 1.807) is 6.07 Å². The molecule has 0 saturated heterocycles. The van der Waals surface area contributed by atoms with Gasteiger partial charge in [0.2, 0.25) is 0 Å². The van der Waals surface area contributed by atoms with E-state index >= 15 is 0 Å². The Labute approximate surface area is 191 Å². The van der Waals surface area contributed by atoms with Crippen LogP contribution < -0.4 is 14.5 Å². The van der Waals surface area contributed by atoms with Gasteiger partial charge in [0.1, 0.15) is 11.9 Å². The Hall–Kier alpha value is -3.15. The van der Waals surface area contributed by atoms with Gasteiger partial charge in [-0.2, -0.15) is 0 Å². The summed E-state index contributed by atoms with van der Waals surface area (Å²) in [5.41, 5.74) is 7.22. The van der Waals surface area contributed by atoms with Crippen molar-refractivity contribution in [3.05, 3.63) is 77.4 Å². The van der Waals surface area contributed by atoms with Crippen molar-refractivity contribution in [2.45, 2.75) is 52.1 Å². The maximum absolute atomic E-state index is 13.0. The van der Waals surface area contributed by atoms with Gasteiger partial charge in [-0.25, -0.2) is 0 Å². The number of para-hydroxylation sites is 1. The molecular weight excluding hydrogens is 425 g/mol. The minimum atomic E-state index is -4.74. The van der Waals surface area contributed by atoms with Crippen LogP contribution in [0.4, 0.5) is 35.9 Å². The van der Waals surface area contributed by atoms with E-state index in [1.807, 2.05) is 19.9 Å². The summed E-state index contributed by atoms with van der Waals surface area (Å²) in [6.45, 7) is 8.71. The SMILES string of the molecule is Cc1cc(C)cc(N2c3cc(OC(F)(F)F)ccc3N3c4ccccc4C4(C)CC4(C)C23)c1. The molecule has 2 aliphatic heterocycles. The van der Waals surface area contributed by atoms with E-state index < -0.39 is 6.36 Å². The first kappa shape index (κ1) is 20.5. The number of rotatable bonds is 2. The third-order valence-electron chi connectivity index (χ3n) is 7.86. The summed E-state index contributed by atoms with van der Waals surface area (Å²) < 4.78 is 43.5. The highest BCUT2D eigenvalue weighted by atomic mass is 19.4. The van der Waals surface area contributed by atoms with E-state index in [9.17, 15) is 13.2 Å². The van der Waals surface area contributed by atoms with Gasteiger partial charge in [0.25, 0.3) is 0 Å². The molecule has 33 heavy (non-hydrogen) atoms. The molecule has 3 nitrogen and oxygen atoms in total. The van der Waals surface area contributed by atoms with Crippen molar-refractivity contribution < 1.29 is 17.9 Å². The minimum absolute atomic E-state index is 0.00915. The first-order valence-electron chi connectivity index (χ1n) is 11.2. The molecule has 1 saturated carbocycles. The maximum Gasteiger partial charge on any atom is 0.573 e. The topological polar surface area (TPSA) is 15.7 Å². The summed E-state index contributed by atoms with van der Waals surface area (Å²) in [6, 6.07) is 19.5. The fourth-order valence-corrected chi connectivity index (χ4v) is 6.30. The molecule has 0 aromatic heterocycles. The van der Waals surface area contributed by atoms with E-state index in [4.69, 9.17) is 0 Å². The zero-order valence-electron chi connectivity index (χ0n) is 19.0. The second-order valence-electron chi connectivity index (χ2n) is 10.1. The van der Waals surface area contributed by atoms with Crippen LogP contribution in [0.25, 0.3) is 0 Å². The summed E-state index contributed by atoms with van der Waals surface area (Å²) >= 11 is 0. The first-order valence-corrected chi connectivity index (χ1v) is 11.2. The number of ether oxygens (including phenoxy) is 1. The molecule has 170 valence electrons. The number of aryl methyl sites for hydroxylation is 2. The zero-order valence-corrected chi connectivity index (χ0v) is 19.0. The minimum Gasteiger partial charge on any atom is -0.406 e. The van der Waals surface area contributed by atoms with Gasteiger partial charge in [0.15, 0.2) is 0 Å². The summed E-state index contributed by atoms with van der Waals surface area (Å²) in [6.07, 6.45) is -3.77. The summed E-state index contributed by atoms with van der Waals surface area (Å²) in [5.74, 6) is -0.201. The molecule has 3 aromatic rings. The Balaban J connectivity index is 1.61. The third-order valence-corrected chi connectivity index (χ3v) is 7.86. The van der Waals surface area contributed by atoms with Crippen LogP contribution in [0.2, 0.25) is 0 Å². The highest BCUT2D eigenvalue weighted by Gasteiger charge is 2.73. The van der Waals surface area contributed by atoms with Crippen LogP contribution in [0.1, 0.15) is 37.0 Å². The molecule has 0 radical (unpaired) electrons. The van der Waals surface area contributed by atoms with E-state index in [0.29, 0.717) is 0 Å². The molecule has 0 N–H and O–H groups in total. The van der Waals surface area contributed by atoms with Crippen LogP contribution in [0.5, 0.6) is 5.75 Å². The molecule has 1 fully saturated rings. The Morgan fingerprint density at radius 2 is 1.55 bits per heavy atom. The Morgan fingerprint density at radius 1 is 0.848 bits per heavy atom. The third kappa shape index (κ3) is 2.76. The lowest BCUT2D eigenvalue weighted by Crippen LogP contribution is -2.50. The van der Waals surface area contributed by atoms with Crippen molar-refractivity contribution >= 4 is 22.7 Å². The van der Waals surface area contributed by atoms with Crippen molar-refractivity contribution in [2.24, 2.45) is 5.41 Å². The van der Waals surface area contributed by atoms with Crippen LogP contribution in [-0.2, 0) is 5.41 Å². The van der Waals surface area contributed by atoms with Crippen molar-refractivity contribution in [2.75, 3.05) is 9.80 Å². The highest BCUT2D eigenvalue weighted by Crippen LogP contribution is 2.75. The lowest BCUT2D eigenvalue weighted by molar-refractivity contribution is -0.274. The molecule has 1 aliphatic carbocycles. The summed E-state index contributed by atoms with van der Waals surface area (Å²) in [7, 11) is 0. The van der Waals surface area contributed by atoms with Gasteiger partial charge in [-0.1, -0.05) is 38.1 Å². The number of alkyl halides is 3. The van der Waals surface area contributed by atoms with Gasteiger partial charge in [-0.05, 0) is 67.3 Å². The number of nitrogens with zero attached hydrogens (tertiary/aromatic N) is 2. The Kier molecular flexibility index (Phi) is 3.87. The molecule has 3 atom stereocenters. The monoisotopic (exact) mass is 450 g/mol. The maximum atomic E-state index is 13.0. The summed E-state index contributed by atoms with van der Waals surface area (Å²) in [5, 5.41) is 0. The molecule has 3 aliphatic rings. The number of hydrogen-bond donors (Lipinski definition) is 0. The van der Waals surface area contributed by atoms with Crippen LogP contribution >= 0.6 is 0 Å². The molecular formula is C27H25F3N2O. The van der Waals surface area contributed by atoms with Crippen LogP contribution in [0.3, 0.4) is 0 Å². The van der Waals surface area contributed by atoms with Crippen molar-refractivity contribution in [3.63, 3.8) is 0 Å². The predicted octanol–water partition coefficient (Wildman–Crippen LogP) is 7.50. The number of hydrogen-bond acceptors (Lipinski definition) is 3. The number of anilines is 4. The van der Waals surface area contributed by atoms with E-state index in [1.165, 1.54) is 17.7 Å². The molecule has 3 aromatic carbocycles. The van der Waals surface area contributed by atoms with Gasteiger partial charge < -0.3 is 14.5 Å². The Bertz CT molecular complexity index is 1280. The molecule has 2 heterocycles. The second kappa shape index (κ2) is 6.25. The lowest BCUT2D eigenvalue weighted by Gasteiger charge is -2.44. The highest BCUT2D eigenvalue weighted by molar-refractivity contribution is 5.92. The number of halogens is 3. The molecule has 0 bridgehead atoms. The average Bonchev–Trinajstić information content (AvgIpc) is 3.15. The largest absolute Gasteiger partial charge is 0.573 e. The second-order valence-corrected chi connectivity index (χ2v) is 10.1. The standard InChI is InChI=1S/C27H25F3N2O/c1-16-11-17(2)13-18(12-16)31-23-14-19(33-27(28,29)30)9-10-22(23)32-21-8-6-5-7-20(21)25(3)15-26(25,4)24(31)32/h5-14,24H,15H2,1-4H3. The molecule has 0 spiro atoms. The van der Waals surface area contributed by atoms with Gasteiger partial charge >= 0.3 is 6.36 Å². The van der Waals surface area contributed by atoms with Gasteiger partial charge in [-0.3, -0.25) is 0 Å². The molecule has 6 rings (SSSR count). The van der Waals surface area contributed by atoms with Crippen molar-refractivity contribution in [1.82, 2.24) is 0 Å². The average molecular weight is 451 g/mol. The predicted molar refractivity (Wildman–Crippen MR) is 124 cm³/mol. The van der Waals surface area contributed by atoms with Crippen molar-refractivity contribution in [1.29, 1.82) is 0 Å². The quantitative estimate of drug-likeness (QED) is 0.402. The fraction of sp³-hybridized carbons (Fsp3) is 0.333. The van der Waals surface area contributed by atoms with Crippen LogP contribution in [0.15, 0.2) is 60.7 Å². The van der Waals surface area contributed by atoms with E-state index in [-0.39, 0.29) is 22.7 Å². The number of fused-ring (bicyclic) bond motifs is 8. The summed E-state index contributed by atoms with van der Waals surface area (Å²) in [4.78, 5) is 4.54. The first-order chi connectivity index (χ1) is 15.5. The molecule has 6 heteroatoms. The van der Waals surface area contributed by atoms with E-state index in [2.05, 4.69) is 64.8 Å². The van der Waals surface area contributed by atoms with Crippen LogP contribution in [-0.4, -0.2) is 12.5 Å². The van der Waals surface area contributed by atoms with Gasteiger partial charge in [0.05, 0.1) is 11.4 Å². The van der Waals surface area contributed by atoms with Crippen molar-refractivity contribution in [3.8, 4) is 5.75 Å². The molecule has 0 amide bonds. The van der Waals surface area contributed by atoms with E-state index in [0.717, 1.165) is 40.3 Å². The van der Waals surface area contributed by atoms with Gasteiger partial charge in [0, 0.05) is 28.3 Å². The smallest absolute Gasteiger partial charge is 0.406 e. The molecule has 3 unspecified atom stereocenters. The van der Waals surface area contributed by atoms with Crippen LogP contribution in [0, 0.1) is 19.3 Å². The Morgan fingerprint density at radius 3 is 2.24 bits per heavy atom. The number of benzene rings is 3. The fourth-order valence-electron chi connectivity index (χ4n) is 6.30. The zero-order chi connectivity index (χ0) is 23.3. The lowest BCUT2D eigenvalue weighted by atomic mass is 9.81.